The summed E-state index contributed by atoms with van der Waals surface area (Å²) in [6, 6.07) is 62.4. The smallest absolute Gasteiger partial charge is 0.0725 e. The van der Waals surface area contributed by atoms with Crippen LogP contribution in [-0.4, -0.2) is 0 Å². The van der Waals surface area contributed by atoms with Gasteiger partial charge in [0.25, 0.3) is 0 Å². The molecule has 1 aliphatic heterocycles. The number of rotatable bonds is 2. The lowest BCUT2D eigenvalue weighted by Gasteiger charge is -2.40. The molecule has 2 nitrogen and oxygen atoms in total. The van der Waals surface area contributed by atoms with E-state index in [0.29, 0.717) is 0 Å². The SMILES string of the molecule is c1ccc(N2c3ccccc3N(c3ccc4c(c3)-c3ccccc3C43c4ccccc4-c4ccccc43)c3ccccc32)cc1. The molecule has 7 aromatic rings. The molecule has 0 N–H and O–H groups in total. The average Bonchev–Trinajstić information content (AvgIpc) is 3.58. The minimum Gasteiger partial charge on any atom is -0.306 e. The summed E-state index contributed by atoms with van der Waals surface area (Å²) in [7, 11) is 0. The first kappa shape index (κ1) is 24.6. The van der Waals surface area contributed by atoms with Gasteiger partial charge in [0.15, 0.2) is 0 Å². The minimum atomic E-state index is -0.334. The number of hydrogen-bond acceptors (Lipinski definition) is 2. The van der Waals surface area contributed by atoms with Gasteiger partial charge < -0.3 is 9.80 Å². The maximum Gasteiger partial charge on any atom is 0.0725 e. The Kier molecular flexibility index (Phi) is 4.95. The Morgan fingerprint density at radius 3 is 1.18 bits per heavy atom. The second kappa shape index (κ2) is 9.07. The molecule has 1 heterocycles. The fourth-order valence-electron chi connectivity index (χ4n) is 8.30. The maximum absolute atomic E-state index is 2.44. The van der Waals surface area contributed by atoms with E-state index in [2.05, 4.69) is 180 Å². The summed E-state index contributed by atoms with van der Waals surface area (Å²) in [5.41, 5.74) is 17.4. The van der Waals surface area contributed by atoms with E-state index in [1.807, 2.05) is 0 Å². The number of nitrogens with zero attached hydrogens (tertiary/aromatic N) is 2. The van der Waals surface area contributed by atoms with Gasteiger partial charge in [-0.1, -0.05) is 121 Å². The van der Waals surface area contributed by atoms with Gasteiger partial charge in [-0.2, -0.15) is 0 Å². The third kappa shape index (κ3) is 3.13. The van der Waals surface area contributed by atoms with Gasteiger partial charge in [0.1, 0.15) is 0 Å². The van der Waals surface area contributed by atoms with Crippen molar-refractivity contribution >= 4 is 34.1 Å². The van der Waals surface area contributed by atoms with Gasteiger partial charge in [0.2, 0.25) is 0 Å². The summed E-state index contributed by atoms with van der Waals surface area (Å²) in [5, 5.41) is 0. The Labute approximate surface area is 263 Å². The molecule has 2 aliphatic carbocycles. The van der Waals surface area contributed by atoms with Crippen molar-refractivity contribution in [2.24, 2.45) is 0 Å². The second-order valence-corrected chi connectivity index (χ2v) is 12.1. The van der Waals surface area contributed by atoms with Gasteiger partial charge in [-0.05, 0) is 93.0 Å². The van der Waals surface area contributed by atoms with Crippen LogP contribution in [0.4, 0.5) is 34.1 Å². The Morgan fingerprint density at radius 1 is 0.289 bits per heavy atom. The highest BCUT2D eigenvalue weighted by Gasteiger charge is 2.51. The molecule has 0 saturated carbocycles. The van der Waals surface area contributed by atoms with Crippen molar-refractivity contribution in [3.05, 3.63) is 192 Å². The van der Waals surface area contributed by atoms with E-state index in [1.165, 1.54) is 55.9 Å². The van der Waals surface area contributed by atoms with E-state index < -0.39 is 0 Å². The van der Waals surface area contributed by atoms with Crippen molar-refractivity contribution in [3.8, 4) is 22.3 Å². The van der Waals surface area contributed by atoms with Gasteiger partial charge >= 0.3 is 0 Å². The average molecular weight is 573 g/mol. The van der Waals surface area contributed by atoms with Crippen LogP contribution in [0.2, 0.25) is 0 Å². The number of anilines is 6. The summed E-state index contributed by atoms with van der Waals surface area (Å²) in [5.74, 6) is 0. The highest BCUT2D eigenvalue weighted by molar-refractivity contribution is 6.03. The predicted molar refractivity (Wildman–Crippen MR) is 186 cm³/mol. The molecule has 0 unspecified atom stereocenters. The van der Waals surface area contributed by atoms with E-state index in [0.717, 1.165) is 22.7 Å². The summed E-state index contributed by atoms with van der Waals surface area (Å²) in [6.07, 6.45) is 0. The molecule has 45 heavy (non-hydrogen) atoms. The summed E-state index contributed by atoms with van der Waals surface area (Å²) in [6.45, 7) is 0. The van der Waals surface area contributed by atoms with Crippen LogP contribution in [0.25, 0.3) is 22.3 Å². The van der Waals surface area contributed by atoms with Crippen LogP contribution >= 0.6 is 0 Å². The summed E-state index contributed by atoms with van der Waals surface area (Å²) in [4.78, 5) is 4.82. The quantitative estimate of drug-likeness (QED) is 0.203. The molecule has 3 aliphatic rings. The fraction of sp³-hybridized carbons (Fsp3) is 0.0233. The van der Waals surface area contributed by atoms with Gasteiger partial charge in [0.05, 0.1) is 28.2 Å². The van der Waals surface area contributed by atoms with Crippen molar-refractivity contribution in [1.29, 1.82) is 0 Å². The minimum absolute atomic E-state index is 0.334. The Hall–Kier alpha value is -5.86. The van der Waals surface area contributed by atoms with Crippen molar-refractivity contribution in [1.82, 2.24) is 0 Å². The van der Waals surface area contributed by atoms with Gasteiger partial charge in [-0.15, -0.1) is 0 Å². The highest BCUT2D eigenvalue weighted by Crippen LogP contribution is 2.63. The van der Waals surface area contributed by atoms with Gasteiger partial charge in [-0.3, -0.25) is 0 Å². The molecule has 10 rings (SSSR count). The standard InChI is InChI=1S/C43H28N2/c1-2-14-29(15-3-1)44-39-22-10-12-24-41(39)45(42-25-13-11-23-40(42)44)30-26-27-38-34(28-30)33-18-6-9-21-37(33)43(38)35-19-7-4-16-31(35)32-17-5-8-20-36(32)43/h1-28H. The second-order valence-electron chi connectivity index (χ2n) is 12.1. The fourth-order valence-corrected chi connectivity index (χ4v) is 8.30. The molecule has 0 amide bonds. The molecule has 0 bridgehead atoms. The molecule has 0 aromatic heterocycles. The van der Waals surface area contributed by atoms with Crippen molar-refractivity contribution in [3.63, 3.8) is 0 Å². The van der Waals surface area contributed by atoms with Crippen LogP contribution in [0.3, 0.4) is 0 Å². The van der Waals surface area contributed by atoms with Crippen molar-refractivity contribution in [2.75, 3.05) is 9.80 Å². The number of para-hydroxylation sites is 5. The zero-order valence-corrected chi connectivity index (χ0v) is 24.6. The monoisotopic (exact) mass is 572 g/mol. The molecule has 2 heteroatoms. The van der Waals surface area contributed by atoms with Crippen LogP contribution in [0.5, 0.6) is 0 Å². The van der Waals surface area contributed by atoms with Crippen LogP contribution in [0, 0.1) is 0 Å². The lowest BCUT2D eigenvalue weighted by molar-refractivity contribution is 0.794. The number of fused-ring (bicyclic) bond motifs is 12. The van der Waals surface area contributed by atoms with E-state index in [-0.39, 0.29) is 5.41 Å². The molecule has 210 valence electrons. The lowest BCUT2D eigenvalue weighted by atomic mass is 9.70. The Morgan fingerprint density at radius 2 is 0.667 bits per heavy atom. The van der Waals surface area contributed by atoms with Crippen LogP contribution in [0.15, 0.2) is 170 Å². The van der Waals surface area contributed by atoms with E-state index in [4.69, 9.17) is 0 Å². The van der Waals surface area contributed by atoms with Crippen molar-refractivity contribution in [2.45, 2.75) is 5.41 Å². The summed E-state index contributed by atoms with van der Waals surface area (Å²) >= 11 is 0. The van der Waals surface area contributed by atoms with Crippen LogP contribution < -0.4 is 9.80 Å². The first-order chi connectivity index (χ1) is 22.4. The Bertz CT molecular complexity index is 2210. The van der Waals surface area contributed by atoms with E-state index in [1.54, 1.807) is 0 Å². The summed E-state index contributed by atoms with van der Waals surface area (Å²) < 4.78 is 0. The third-order valence-corrected chi connectivity index (χ3v) is 9.98. The third-order valence-electron chi connectivity index (χ3n) is 9.98. The van der Waals surface area contributed by atoms with E-state index >= 15 is 0 Å². The van der Waals surface area contributed by atoms with Crippen LogP contribution in [-0.2, 0) is 5.41 Å². The molecule has 0 radical (unpaired) electrons. The van der Waals surface area contributed by atoms with Gasteiger partial charge in [0, 0.05) is 11.4 Å². The Balaban J connectivity index is 1.23. The zero-order valence-electron chi connectivity index (χ0n) is 24.6. The normalized spacial score (nSPS) is 14.3. The molecule has 0 atom stereocenters. The number of benzene rings is 7. The number of hydrogen-bond donors (Lipinski definition) is 0. The topological polar surface area (TPSA) is 6.48 Å². The molecule has 0 fully saturated rings. The van der Waals surface area contributed by atoms with E-state index in [9.17, 15) is 0 Å². The maximum atomic E-state index is 2.44. The molecular formula is C43H28N2. The van der Waals surface area contributed by atoms with Crippen molar-refractivity contribution < 1.29 is 0 Å². The molecular weight excluding hydrogens is 544 g/mol. The predicted octanol–water partition coefficient (Wildman–Crippen LogP) is 11.3. The largest absolute Gasteiger partial charge is 0.306 e. The van der Waals surface area contributed by atoms with Crippen LogP contribution in [0.1, 0.15) is 22.3 Å². The molecule has 0 saturated heterocycles. The lowest BCUT2D eigenvalue weighted by Crippen LogP contribution is -2.26. The molecule has 7 aromatic carbocycles. The molecule has 1 spiro atoms. The highest BCUT2D eigenvalue weighted by atomic mass is 15.3. The zero-order chi connectivity index (χ0) is 29.5. The first-order valence-electron chi connectivity index (χ1n) is 15.6. The van der Waals surface area contributed by atoms with Gasteiger partial charge in [-0.25, -0.2) is 0 Å². The first-order valence-corrected chi connectivity index (χ1v) is 15.6.